The molecule has 1 aromatic carbocycles. The van der Waals surface area contributed by atoms with Crippen molar-refractivity contribution in [2.45, 2.75) is 10.3 Å². The SMILES string of the molecule is COC(=O)C1=C(CS(=O)(=O)c2cccs2)NC(=O)NC1c1ccc(OC)c(OC)c1. The van der Waals surface area contributed by atoms with Crippen molar-refractivity contribution in [2.75, 3.05) is 27.1 Å². The molecule has 9 nitrogen and oxygen atoms in total. The molecule has 1 aliphatic rings. The maximum Gasteiger partial charge on any atom is 0.338 e. The number of carbonyl (C=O) groups is 2. The number of thiophene rings is 1. The Kier molecular flexibility index (Phi) is 6.32. The molecule has 1 atom stereocenters. The predicted octanol–water partition coefficient (Wildman–Crippen LogP) is 2.02. The number of rotatable bonds is 7. The fraction of sp³-hybridized carbons (Fsp3) is 0.263. The molecule has 0 aliphatic carbocycles. The lowest BCUT2D eigenvalue weighted by Crippen LogP contribution is -2.47. The zero-order chi connectivity index (χ0) is 21.9. The molecule has 0 spiro atoms. The van der Waals surface area contributed by atoms with Gasteiger partial charge in [0.25, 0.3) is 0 Å². The van der Waals surface area contributed by atoms with Gasteiger partial charge in [0, 0.05) is 5.70 Å². The minimum absolute atomic E-state index is 0.00977. The topological polar surface area (TPSA) is 120 Å². The summed E-state index contributed by atoms with van der Waals surface area (Å²) in [5, 5.41) is 6.72. The molecule has 1 unspecified atom stereocenters. The van der Waals surface area contributed by atoms with Gasteiger partial charge in [-0.3, -0.25) is 0 Å². The first-order valence-corrected chi connectivity index (χ1v) is 11.2. The average molecular weight is 453 g/mol. The van der Waals surface area contributed by atoms with Crippen molar-refractivity contribution in [1.29, 1.82) is 0 Å². The lowest BCUT2D eigenvalue weighted by molar-refractivity contribution is -0.136. The van der Waals surface area contributed by atoms with Crippen LogP contribution in [0, 0.1) is 0 Å². The highest BCUT2D eigenvalue weighted by molar-refractivity contribution is 7.93. The van der Waals surface area contributed by atoms with Gasteiger partial charge in [0.15, 0.2) is 21.3 Å². The first-order chi connectivity index (χ1) is 14.3. The summed E-state index contributed by atoms with van der Waals surface area (Å²) in [7, 11) is 0.346. The van der Waals surface area contributed by atoms with E-state index in [1.165, 1.54) is 27.4 Å². The van der Waals surface area contributed by atoms with Gasteiger partial charge < -0.3 is 24.8 Å². The van der Waals surface area contributed by atoms with Crippen LogP contribution in [-0.4, -0.2) is 47.5 Å². The van der Waals surface area contributed by atoms with Gasteiger partial charge in [-0.25, -0.2) is 18.0 Å². The highest BCUT2D eigenvalue weighted by Crippen LogP contribution is 2.35. The van der Waals surface area contributed by atoms with Crippen molar-refractivity contribution in [1.82, 2.24) is 10.6 Å². The van der Waals surface area contributed by atoms with Crippen LogP contribution in [0.4, 0.5) is 4.79 Å². The van der Waals surface area contributed by atoms with Crippen LogP contribution in [0.1, 0.15) is 11.6 Å². The maximum atomic E-state index is 12.8. The highest BCUT2D eigenvalue weighted by Gasteiger charge is 2.36. The van der Waals surface area contributed by atoms with Crippen molar-refractivity contribution >= 4 is 33.2 Å². The van der Waals surface area contributed by atoms with E-state index in [2.05, 4.69) is 10.6 Å². The van der Waals surface area contributed by atoms with Crippen molar-refractivity contribution in [3.8, 4) is 11.5 Å². The normalized spacial score (nSPS) is 16.5. The number of carbonyl (C=O) groups excluding carboxylic acids is 2. The third kappa shape index (κ3) is 4.26. The van der Waals surface area contributed by atoms with Gasteiger partial charge in [-0.15, -0.1) is 11.3 Å². The summed E-state index contributed by atoms with van der Waals surface area (Å²) in [4.78, 5) is 24.9. The van der Waals surface area contributed by atoms with Gasteiger partial charge in [-0.1, -0.05) is 12.1 Å². The van der Waals surface area contributed by atoms with Crippen molar-refractivity contribution < 1.29 is 32.2 Å². The maximum absolute atomic E-state index is 12.8. The van der Waals surface area contributed by atoms with Crippen molar-refractivity contribution in [3.63, 3.8) is 0 Å². The number of urea groups is 1. The Bertz CT molecular complexity index is 1090. The van der Waals surface area contributed by atoms with Gasteiger partial charge in [-0.05, 0) is 29.1 Å². The number of esters is 1. The van der Waals surface area contributed by atoms with E-state index in [1.807, 2.05) is 0 Å². The smallest absolute Gasteiger partial charge is 0.338 e. The summed E-state index contributed by atoms with van der Waals surface area (Å²) in [6.07, 6.45) is 0. The minimum Gasteiger partial charge on any atom is -0.493 e. The second-order valence-electron chi connectivity index (χ2n) is 6.22. The molecular formula is C19H20N2O7S2. The molecule has 0 saturated heterocycles. The molecule has 0 bridgehead atoms. The summed E-state index contributed by atoms with van der Waals surface area (Å²) >= 11 is 1.06. The van der Waals surface area contributed by atoms with Gasteiger partial charge in [0.05, 0.1) is 38.7 Å². The number of methoxy groups -OCH3 is 3. The van der Waals surface area contributed by atoms with E-state index in [0.29, 0.717) is 17.1 Å². The van der Waals surface area contributed by atoms with Crippen LogP contribution in [-0.2, 0) is 19.4 Å². The van der Waals surface area contributed by atoms with Crippen LogP contribution < -0.4 is 20.1 Å². The minimum atomic E-state index is -3.78. The largest absolute Gasteiger partial charge is 0.493 e. The van der Waals surface area contributed by atoms with Gasteiger partial charge in [0.2, 0.25) is 0 Å². The van der Waals surface area contributed by atoms with Gasteiger partial charge in [-0.2, -0.15) is 0 Å². The second-order valence-corrected chi connectivity index (χ2v) is 9.38. The molecule has 2 aromatic rings. The molecule has 160 valence electrons. The predicted molar refractivity (Wildman–Crippen MR) is 109 cm³/mol. The number of hydrogen-bond donors (Lipinski definition) is 2. The number of ether oxygens (including phenoxy) is 3. The molecule has 2 heterocycles. The Morgan fingerprint density at radius 1 is 1.13 bits per heavy atom. The quantitative estimate of drug-likeness (QED) is 0.617. The number of nitrogens with one attached hydrogen (secondary N) is 2. The lowest BCUT2D eigenvalue weighted by Gasteiger charge is -2.29. The lowest BCUT2D eigenvalue weighted by atomic mass is 9.95. The number of benzene rings is 1. The van der Waals surface area contributed by atoms with Crippen molar-refractivity contribution in [3.05, 3.63) is 52.5 Å². The molecule has 0 radical (unpaired) electrons. The molecule has 3 rings (SSSR count). The molecule has 1 aliphatic heterocycles. The third-order valence-electron chi connectivity index (χ3n) is 4.44. The van der Waals surface area contributed by atoms with Crippen LogP contribution in [0.15, 0.2) is 51.2 Å². The number of hydrogen-bond acceptors (Lipinski definition) is 8. The summed E-state index contributed by atoms with van der Waals surface area (Å²) in [6.45, 7) is 0. The molecule has 2 N–H and O–H groups in total. The Hall–Kier alpha value is -3.05. The molecule has 0 saturated carbocycles. The standard InChI is InChI=1S/C19H20N2O7S2/c1-26-13-7-6-11(9-14(13)27-2)17-16(18(22)28-3)12(20-19(23)21-17)10-30(24,25)15-5-4-8-29-15/h4-9,17H,10H2,1-3H3,(H2,20,21,23). The average Bonchev–Trinajstić information content (AvgIpc) is 3.28. The molecule has 30 heavy (non-hydrogen) atoms. The van der Waals surface area contributed by atoms with E-state index in [1.54, 1.807) is 29.6 Å². The number of amides is 2. The monoisotopic (exact) mass is 452 g/mol. The Morgan fingerprint density at radius 2 is 1.87 bits per heavy atom. The Labute approximate surface area is 177 Å². The third-order valence-corrected chi connectivity index (χ3v) is 7.57. The van der Waals surface area contributed by atoms with E-state index in [9.17, 15) is 18.0 Å². The van der Waals surface area contributed by atoms with E-state index in [-0.39, 0.29) is 15.5 Å². The molecule has 2 amide bonds. The zero-order valence-corrected chi connectivity index (χ0v) is 18.1. The summed E-state index contributed by atoms with van der Waals surface area (Å²) < 4.78 is 41.1. The summed E-state index contributed by atoms with van der Waals surface area (Å²) in [6, 6.07) is 6.36. The molecule has 0 fully saturated rings. The summed E-state index contributed by atoms with van der Waals surface area (Å²) in [5.41, 5.74) is 0.442. The van der Waals surface area contributed by atoms with E-state index >= 15 is 0 Å². The molecule has 11 heteroatoms. The van der Waals surface area contributed by atoms with Gasteiger partial charge in [0.1, 0.15) is 4.21 Å². The second kappa shape index (κ2) is 8.76. The van der Waals surface area contributed by atoms with E-state index in [0.717, 1.165) is 11.3 Å². The van der Waals surface area contributed by atoms with Crippen LogP contribution in [0.3, 0.4) is 0 Å². The first kappa shape index (κ1) is 21.7. The first-order valence-electron chi connectivity index (χ1n) is 8.67. The fourth-order valence-electron chi connectivity index (χ4n) is 3.07. The Morgan fingerprint density at radius 3 is 2.47 bits per heavy atom. The van der Waals surface area contributed by atoms with E-state index < -0.39 is 33.6 Å². The van der Waals surface area contributed by atoms with Crippen molar-refractivity contribution in [2.24, 2.45) is 0 Å². The Balaban J connectivity index is 2.11. The van der Waals surface area contributed by atoms with Crippen LogP contribution in [0.25, 0.3) is 0 Å². The molecule has 1 aromatic heterocycles. The zero-order valence-electron chi connectivity index (χ0n) is 16.4. The molecular weight excluding hydrogens is 432 g/mol. The number of sulfone groups is 1. The van der Waals surface area contributed by atoms with Crippen LogP contribution >= 0.6 is 11.3 Å². The summed E-state index contributed by atoms with van der Waals surface area (Å²) in [5.74, 6) is -0.473. The van der Waals surface area contributed by atoms with Crippen LogP contribution in [0.2, 0.25) is 0 Å². The van der Waals surface area contributed by atoms with Crippen LogP contribution in [0.5, 0.6) is 11.5 Å². The van der Waals surface area contributed by atoms with Gasteiger partial charge >= 0.3 is 12.0 Å². The highest BCUT2D eigenvalue weighted by atomic mass is 32.2. The fourth-order valence-corrected chi connectivity index (χ4v) is 5.48. The van der Waals surface area contributed by atoms with E-state index in [4.69, 9.17) is 14.2 Å².